The zero-order chi connectivity index (χ0) is 23.7. The number of carbonyl (C=O) groups is 1. The summed E-state index contributed by atoms with van der Waals surface area (Å²) in [7, 11) is 0. The highest BCUT2D eigenvalue weighted by molar-refractivity contribution is 5.72. The van der Waals surface area contributed by atoms with Crippen LogP contribution in [0.1, 0.15) is 50.1 Å². The van der Waals surface area contributed by atoms with E-state index in [1.165, 1.54) is 0 Å². The number of H-pyrrole nitrogens is 1. The number of nitrogens with one attached hydrogen (secondary N) is 4. The lowest BCUT2D eigenvalue weighted by Crippen LogP contribution is -2.36. The van der Waals surface area contributed by atoms with E-state index >= 15 is 0 Å². The minimum atomic E-state index is -1.52. The lowest BCUT2D eigenvalue weighted by molar-refractivity contribution is 0.0615. The van der Waals surface area contributed by atoms with E-state index in [1.807, 2.05) is 16.8 Å². The van der Waals surface area contributed by atoms with Gasteiger partial charge in [0.25, 0.3) is 0 Å². The Morgan fingerprint density at radius 1 is 1.35 bits per heavy atom. The van der Waals surface area contributed by atoms with Gasteiger partial charge in [-0.2, -0.15) is 10.2 Å². The van der Waals surface area contributed by atoms with Crippen LogP contribution in [0.4, 0.5) is 20.8 Å². The van der Waals surface area contributed by atoms with Crippen molar-refractivity contribution in [2.24, 2.45) is 0 Å². The van der Waals surface area contributed by atoms with Gasteiger partial charge in [-0.25, -0.2) is 18.7 Å². The van der Waals surface area contributed by atoms with Crippen LogP contribution < -0.4 is 16.0 Å². The fraction of sp³-hybridized carbons (Fsp3) is 0.545. The standard InChI is InChI=1S/C22H29FN8O3/c1-12(2)26-22(32)34-17-11-33-20(19(17)23)14-9-18(30-29-14)28-21-16-5-8-25-31(16)10-15(27-21)13-3-6-24-7-4-13/h5,8-10,12-13,17,19-20,24H,3-4,6-7,11H2,1-2H3,(H,26,32)(H2,27,28,29,30)/t17-,19-,20-/m1/s1. The van der Waals surface area contributed by atoms with E-state index in [2.05, 4.69) is 31.2 Å². The topological polar surface area (TPSA) is 130 Å². The molecule has 0 unspecified atom stereocenters. The van der Waals surface area contributed by atoms with Crippen molar-refractivity contribution in [3.63, 3.8) is 0 Å². The number of alkyl halides is 1. The van der Waals surface area contributed by atoms with Crippen molar-refractivity contribution >= 4 is 23.2 Å². The van der Waals surface area contributed by atoms with E-state index in [0.29, 0.717) is 23.2 Å². The molecule has 2 aliphatic rings. The van der Waals surface area contributed by atoms with Crippen LogP contribution in [0.25, 0.3) is 5.52 Å². The van der Waals surface area contributed by atoms with Crippen LogP contribution in [0.5, 0.6) is 0 Å². The SMILES string of the molecule is CC(C)NC(=O)O[C@@H]1CO[C@H](c2cc(Nc3nc(C4CCNCC4)cn4nccc34)n[nH]2)[C@@H]1F. The van der Waals surface area contributed by atoms with E-state index in [-0.39, 0.29) is 12.6 Å². The summed E-state index contributed by atoms with van der Waals surface area (Å²) in [6.07, 6.45) is 1.64. The van der Waals surface area contributed by atoms with Gasteiger partial charge in [0, 0.05) is 18.0 Å². The summed E-state index contributed by atoms with van der Waals surface area (Å²) in [5, 5.41) is 20.7. The van der Waals surface area contributed by atoms with E-state index < -0.39 is 24.5 Å². The normalized spacial score (nSPS) is 23.5. The molecular formula is C22H29FN8O3. The molecule has 3 atom stereocenters. The summed E-state index contributed by atoms with van der Waals surface area (Å²) in [4.78, 5) is 16.7. The van der Waals surface area contributed by atoms with Crippen LogP contribution in [0.2, 0.25) is 0 Å². The third-order valence-corrected chi connectivity index (χ3v) is 6.07. The van der Waals surface area contributed by atoms with E-state index in [4.69, 9.17) is 14.5 Å². The Hall–Kier alpha value is -3.25. The number of alkyl carbamates (subject to hydrolysis) is 1. The lowest BCUT2D eigenvalue weighted by Gasteiger charge is -2.22. The summed E-state index contributed by atoms with van der Waals surface area (Å²) in [5.74, 6) is 1.46. The number of hydrogen-bond donors (Lipinski definition) is 4. The number of ether oxygens (including phenoxy) is 2. The molecule has 0 spiro atoms. The number of hydrogen-bond acceptors (Lipinski definition) is 8. The molecule has 0 aromatic carbocycles. The third kappa shape index (κ3) is 4.68. The van der Waals surface area contributed by atoms with Crippen LogP contribution in [0.15, 0.2) is 24.5 Å². The van der Waals surface area contributed by atoms with Gasteiger partial charge < -0.3 is 25.4 Å². The zero-order valence-electron chi connectivity index (χ0n) is 19.1. The molecule has 5 heterocycles. The Bertz CT molecular complexity index is 1140. The molecule has 0 radical (unpaired) electrons. The molecule has 2 saturated heterocycles. The minimum Gasteiger partial charge on any atom is -0.441 e. The molecule has 2 fully saturated rings. The molecule has 3 aromatic rings. The highest BCUT2D eigenvalue weighted by atomic mass is 19.1. The zero-order valence-corrected chi connectivity index (χ0v) is 19.1. The second-order valence-electron chi connectivity index (χ2n) is 8.97. The van der Waals surface area contributed by atoms with Crippen molar-refractivity contribution in [3.05, 3.63) is 35.9 Å². The number of nitrogens with zero attached hydrogens (tertiary/aromatic N) is 4. The summed E-state index contributed by atoms with van der Waals surface area (Å²) >= 11 is 0. The predicted octanol–water partition coefficient (Wildman–Crippen LogP) is 2.58. The Morgan fingerprint density at radius 3 is 2.97 bits per heavy atom. The molecule has 34 heavy (non-hydrogen) atoms. The van der Waals surface area contributed by atoms with Gasteiger partial charge in [0.05, 0.1) is 30.4 Å². The lowest BCUT2D eigenvalue weighted by atomic mass is 9.95. The minimum absolute atomic E-state index is 0.0323. The van der Waals surface area contributed by atoms with Crippen LogP contribution in [-0.2, 0) is 9.47 Å². The van der Waals surface area contributed by atoms with Crippen LogP contribution in [0, 0.1) is 0 Å². The average molecular weight is 473 g/mol. The number of fused-ring (bicyclic) bond motifs is 1. The summed E-state index contributed by atoms with van der Waals surface area (Å²) < 4.78 is 27.5. The molecule has 12 heteroatoms. The third-order valence-electron chi connectivity index (χ3n) is 6.07. The van der Waals surface area contributed by atoms with Crippen LogP contribution >= 0.6 is 0 Å². The Labute approximate surface area is 195 Å². The first kappa shape index (κ1) is 22.5. The number of rotatable bonds is 6. The fourth-order valence-electron chi connectivity index (χ4n) is 4.36. The maximum atomic E-state index is 15.0. The largest absolute Gasteiger partial charge is 0.441 e. The number of anilines is 2. The Kier molecular flexibility index (Phi) is 6.33. The van der Waals surface area contributed by atoms with Crippen molar-refractivity contribution in [1.29, 1.82) is 0 Å². The quantitative estimate of drug-likeness (QED) is 0.431. The molecule has 0 bridgehead atoms. The van der Waals surface area contributed by atoms with Gasteiger partial charge in [-0.1, -0.05) is 0 Å². The first-order valence-electron chi connectivity index (χ1n) is 11.6. The van der Waals surface area contributed by atoms with Gasteiger partial charge in [-0.15, -0.1) is 0 Å². The molecule has 2 aliphatic heterocycles. The molecule has 182 valence electrons. The number of aromatic nitrogens is 5. The van der Waals surface area contributed by atoms with Crippen LogP contribution in [-0.4, -0.2) is 68.9 Å². The number of amides is 1. The number of piperidine rings is 1. The Morgan fingerprint density at radius 2 is 2.18 bits per heavy atom. The number of aromatic amines is 1. The maximum absolute atomic E-state index is 15.0. The highest BCUT2D eigenvalue weighted by Gasteiger charge is 2.42. The molecule has 4 N–H and O–H groups in total. The molecule has 3 aromatic heterocycles. The molecule has 1 amide bonds. The van der Waals surface area contributed by atoms with Crippen molar-refractivity contribution in [2.75, 3.05) is 25.0 Å². The molecule has 11 nitrogen and oxygen atoms in total. The van der Waals surface area contributed by atoms with Crippen LogP contribution in [0.3, 0.4) is 0 Å². The van der Waals surface area contributed by atoms with Gasteiger partial charge in [0.1, 0.15) is 11.6 Å². The van der Waals surface area contributed by atoms with Gasteiger partial charge in [-0.3, -0.25) is 5.10 Å². The molecule has 0 aliphatic carbocycles. The monoisotopic (exact) mass is 472 g/mol. The van der Waals surface area contributed by atoms with Gasteiger partial charge in [-0.05, 0) is 45.8 Å². The van der Waals surface area contributed by atoms with Gasteiger partial charge in [0.15, 0.2) is 23.9 Å². The first-order chi connectivity index (χ1) is 16.5. The van der Waals surface area contributed by atoms with E-state index in [9.17, 15) is 9.18 Å². The molecule has 0 saturated carbocycles. The van der Waals surface area contributed by atoms with Crippen molar-refractivity contribution in [3.8, 4) is 0 Å². The molecule has 5 rings (SSSR count). The maximum Gasteiger partial charge on any atom is 0.407 e. The first-order valence-corrected chi connectivity index (χ1v) is 11.6. The van der Waals surface area contributed by atoms with E-state index in [1.54, 1.807) is 26.1 Å². The van der Waals surface area contributed by atoms with Crippen molar-refractivity contribution in [2.45, 2.75) is 57.0 Å². The fourth-order valence-corrected chi connectivity index (χ4v) is 4.36. The smallest absolute Gasteiger partial charge is 0.407 e. The second-order valence-corrected chi connectivity index (χ2v) is 8.97. The van der Waals surface area contributed by atoms with E-state index in [0.717, 1.165) is 37.1 Å². The van der Waals surface area contributed by atoms with Crippen molar-refractivity contribution < 1.29 is 18.7 Å². The number of halogens is 1. The molecular weight excluding hydrogens is 443 g/mol. The number of carbonyl (C=O) groups excluding carboxylic acids is 1. The summed E-state index contributed by atoms with van der Waals surface area (Å²) in [6.45, 7) is 5.50. The average Bonchev–Trinajstić information content (AvgIpc) is 3.55. The van der Waals surface area contributed by atoms with Gasteiger partial charge >= 0.3 is 6.09 Å². The summed E-state index contributed by atoms with van der Waals surface area (Å²) in [5.41, 5.74) is 2.23. The summed E-state index contributed by atoms with van der Waals surface area (Å²) in [6, 6.07) is 3.45. The predicted molar refractivity (Wildman–Crippen MR) is 122 cm³/mol. The second kappa shape index (κ2) is 9.55. The van der Waals surface area contributed by atoms with Crippen molar-refractivity contribution in [1.82, 2.24) is 35.4 Å². The Balaban J connectivity index is 1.30. The van der Waals surface area contributed by atoms with Gasteiger partial charge in [0.2, 0.25) is 0 Å². The highest BCUT2D eigenvalue weighted by Crippen LogP contribution is 2.34.